The average Bonchev–Trinajstić information content (AvgIpc) is 3.81. The van der Waals surface area contributed by atoms with E-state index in [9.17, 15) is 0 Å². The number of nitrogens with one attached hydrogen (secondary N) is 2. The Kier molecular flexibility index (Phi) is 7.10. The number of rotatable bonds is 6. The topological polar surface area (TPSA) is 75.8 Å². The van der Waals surface area contributed by atoms with E-state index in [1.54, 1.807) is 0 Å². The Labute approximate surface area is 256 Å². The van der Waals surface area contributed by atoms with Crippen LogP contribution in [-0.2, 0) is 0 Å². The maximum Gasteiger partial charge on any atom is 0.119 e. The maximum absolute atomic E-state index is 5.89. The lowest BCUT2D eigenvalue weighted by atomic mass is 10.0. The second kappa shape index (κ2) is 11.4. The molecule has 0 saturated heterocycles. The third-order valence-electron chi connectivity index (χ3n) is 7.43. The Bertz CT molecular complexity index is 1910. The molecular weight excluding hydrogens is 544 g/mol. The van der Waals surface area contributed by atoms with Crippen LogP contribution in [0.15, 0.2) is 84.9 Å². The van der Waals surface area contributed by atoms with E-state index < -0.39 is 0 Å². The van der Waals surface area contributed by atoms with Crippen molar-refractivity contribution < 1.29 is 9.47 Å². The molecule has 2 N–H and O–H groups in total. The Morgan fingerprint density at radius 2 is 0.909 bits per heavy atom. The Morgan fingerprint density at radius 3 is 1.30 bits per heavy atom. The molecular formula is C38H34N4O2. The summed E-state index contributed by atoms with van der Waals surface area (Å²) in [6.07, 6.45) is 8.50. The SMILES string of the molecule is CC(C)Oc1ccc(-c2c3nc(cc4ccc([nH]4)c(-c4ccc(OC(C)C)cc4)c4nc(cc5ccc2[nH]5)C=C4)C=C3)cc1. The summed E-state index contributed by atoms with van der Waals surface area (Å²) < 4.78 is 11.8. The summed E-state index contributed by atoms with van der Waals surface area (Å²) in [4.78, 5) is 17.3. The zero-order valence-corrected chi connectivity index (χ0v) is 25.3. The Morgan fingerprint density at radius 1 is 0.500 bits per heavy atom. The van der Waals surface area contributed by atoms with Gasteiger partial charge in [0, 0.05) is 33.2 Å². The minimum absolute atomic E-state index is 0.116. The molecule has 0 atom stereocenters. The molecule has 44 heavy (non-hydrogen) atoms. The van der Waals surface area contributed by atoms with Gasteiger partial charge in [0.25, 0.3) is 0 Å². The van der Waals surface area contributed by atoms with Crippen LogP contribution in [0.3, 0.4) is 0 Å². The van der Waals surface area contributed by atoms with Gasteiger partial charge in [-0.25, -0.2) is 9.97 Å². The zero-order chi connectivity index (χ0) is 30.2. The van der Waals surface area contributed by atoms with Crippen molar-refractivity contribution in [1.29, 1.82) is 0 Å². The summed E-state index contributed by atoms with van der Waals surface area (Å²) in [5.41, 5.74) is 11.6. The molecule has 0 aliphatic carbocycles. The molecule has 0 radical (unpaired) electrons. The van der Waals surface area contributed by atoms with Gasteiger partial charge in [0.15, 0.2) is 0 Å². The Hall–Kier alpha value is -5.36. The van der Waals surface area contributed by atoms with E-state index in [4.69, 9.17) is 19.4 Å². The van der Waals surface area contributed by atoms with Crippen molar-refractivity contribution in [2.24, 2.45) is 0 Å². The highest BCUT2D eigenvalue weighted by Gasteiger charge is 2.14. The van der Waals surface area contributed by atoms with Crippen LogP contribution in [-0.4, -0.2) is 32.1 Å². The number of hydrogen-bond donors (Lipinski definition) is 2. The number of aromatic nitrogens is 4. The smallest absolute Gasteiger partial charge is 0.119 e. The van der Waals surface area contributed by atoms with Crippen LogP contribution in [0.5, 0.6) is 11.5 Å². The largest absolute Gasteiger partial charge is 0.491 e. The molecule has 0 amide bonds. The van der Waals surface area contributed by atoms with Crippen LogP contribution in [0.4, 0.5) is 0 Å². The fourth-order valence-corrected chi connectivity index (χ4v) is 5.63. The number of aromatic amines is 2. The molecule has 0 saturated carbocycles. The lowest BCUT2D eigenvalue weighted by Gasteiger charge is -2.10. The molecule has 6 nitrogen and oxygen atoms in total. The first-order valence-corrected chi connectivity index (χ1v) is 15.0. The van der Waals surface area contributed by atoms with Crippen molar-refractivity contribution in [1.82, 2.24) is 19.9 Å². The molecule has 7 rings (SSSR count). The highest BCUT2D eigenvalue weighted by molar-refractivity contribution is 5.93. The van der Waals surface area contributed by atoms with Gasteiger partial charge in [0.1, 0.15) is 11.5 Å². The highest BCUT2D eigenvalue weighted by Crippen LogP contribution is 2.33. The predicted octanol–water partition coefficient (Wildman–Crippen LogP) is 9.56. The van der Waals surface area contributed by atoms with E-state index in [1.807, 2.05) is 52.0 Å². The normalized spacial score (nSPS) is 12.3. The molecule has 2 aliphatic rings. The molecule has 5 heterocycles. The van der Waals surface area contributed by atoms with Crippen LogP contribution in [0, 0.1) is 0 Å². The van der Waals surface area contributed by atoms with Gasteiger partial charge in [-0.05, 0) is 124 Å². The van der Waals surface area contributed by atoms with Gasteiger partial charge in [-0.1, -0.05) is 24.3 Å². The van der Waals surface area contributed by atoms with Crippen molar-refractivity contribution in [3.63, 3.8) is 0 Å². The van der Waals surface area contributed by atoms with E-state index in [-0.39, 0.29) is 12.2 Å². The second-order valence-electron chi connectivity index (χ2n) is 11.6. The maximum atomic E-state index is 5.89. The summed E-state index contributed by atoms with van der Waals surface area (Å²) in [7, 11) is 0. The third kappa shape index (κ3) is 5.66. The standard InChI is InChI=1S/C38H34N4O2/c1-23(2)43-31-13-5-25(6-14-31)37-33-17-9-27(39-33)21-29-11-19-35(41-29)38(26-7-15-32(16-8-26)44-24(3)4)36-20-12-30(42-36)22-28-10-18-34(37)40-28/h5-24,39,42H,1-4H3. The minimum atomic E-state index is 0.116. The van der Waals surface area contributed by atoms with Gasteiger partial charge >= 0.3 is 0 Å². The quantitative estimate of drug-likeness (QED) is 0.206. The van der Waals surface area contributed by atoms with Crippen LogP contribution in [0.25, 0.3) is 68.6 Å². The lowest BCUT2D eigenvalue weighted by molar-refractivity contribution is 0.242. The molecule has 3 aromatic heterocycles. The first-order valence-electron chi connectivity index (χ1n) is 15.0. The van der Waals surface area contributed by atoms with Gasteiger partial charge in [-0.2, -0.15) is 0 Å². The van der Waals surface area contributed by atoms with Crippen molar-refractivity contribution in [3.05, 3.63) is 108 Å². The predicted molar refractivity (Wildman–Crippen MR) is 181 cm³/mol. The second-order valence-corrected chi connectivity index (χ2v) is 11.6. The molecule has 6 heteroatoms. The van der Waals surface area contributed by atoms with Crippen LogP contribution in [0.1, 0.15) is 50.5 Å². The molecule has 0 unspecified atom stereocenters. The number of fused-ring (bicyclic) bond motifs is 8. The van der Waals surface area contributed by atoms with E-state index in [2.05, 4.69) is 94.9 Å². The van der Waals surface area contributed by atoms with Crippen molar-refractivity contribution in [3.8, 4) is 33.8 Å². The highest BCUT2D eigenvalue weighted by atomic mass is 16.5. The van der Waals surface area contributed by atoms with Gasteiger partial charge in [0.05, 0.1) is 35.0 Å². The van der Waals surface area contributed by atoms with Crippen molar-refractivity contribution >= 4 is 46.4 Å². The van der Waals surface area contributed by atoms with Gasteiger partial charge in [-0.3, -0.25) is 0 Å². The summed E-state index contributed by atoms with van der Waals surface area (Å²) in [5, 5.41) is 0. The minimum Gasteiger partial charge on any atom is -0.491 e. The molecule has 0 fully saturated rings. The number of ether oxygens (including phenoxy) is 2. The summed E-state index contributed by atoms with van der Waals surface area (Å²) in [6, 6.07) is 29.0. The zero-order valence-electron chi connectivity index (χ0n) is 25.3. The number of nitrogens with zero attached hydrogens (tertiary/aromatic N) is 2. The fraction of sp³-hybridized carbons (Fsp3) is 0.158. The van der Waals surface area contributed by atoms with Crippen LogP contribution in [0.2, 0.25) is 0 Å². The monoisotopic (exact) mass is 578 g/mol. The molecule has 8 bridgehead atoms. The lowest BCUT2D eigenvalue weighted by Crippen LogP contribution is -2.05. The summed E-state index contributed by atoms with van der Waals surface area (Å²) in [5.74, 6) is 1.69. The van der Waals surface area contributed by atoms with Gasteiger partial charge < -0.3 is 19.4 Å². The van der Waals surface area contributed by atoms with E-state index in [0.29, 0.717) is 0 Å². The first kappa shape index (κ1) is 27.5. The third-order valence-corrected chi connectivity index (χ3v) is 7.43. The van der Waals surface area contributed by atoms with E-state index in [0.717, 1.165) is 78.6 Å². The van der Waals surface area contributed by atoms with E-state index >= 15 is 0 Å². The van der Waals surface area contributed by atoms with Crippen LogP contribution >= 0.6 is 0 Å². The first-order chi connectivity index (χ1) is 21.4. The van der Waals surface area contributed by atoms with Gasteiger partial charge in [0.2, 0.25) is 0 Å². The van der Waals surface area contributed by atoms with Crippen molar-refractivity contribution in [2.75, 3.05) is 0 Å². The molecule has 218 valence electrons. The molecule has 2 aromatic carbocycles. The van der Waals surface area contributed by atoms with Gasteiger partial charge in [-0.15, -0.1) is 0 Å². The van der Waals surface area contributed by atoms with Crippen molar-refractivity contribution in [2.45, 2.75) is 39.9 Å². The molecule has 5 aromatic rings. The average molecular weight is 579 g/mol. The van der Waals surface area contributed by atoms with E-state index in [1.165, 1.54) is 0 Å². The number of benzene rings is 2. The number of hydrogen-bond acceptors (Lipinski definition) is 4. The molecule has 0 spiro atoms. The summed E-state index contributed by atoms with van der Waals surface area (Å²) >= 11 is 0. The summed E-state index contributed by atoms with van der Waals surface area (Å²) in [6.45, 7) is 8.13. The molecule has 2 aliphatic heterocycles. The fourth-order valence-electron chi connectivity index (χ4n) is 5.63. The number of H-pyrrole nitrogens is 2. The Balaban J connectivity index is 1.44. The van der Waals surface area contributed by atoms with Crippen LogP contribution < -0.4 is 9.47 Å².